The fourth-order valence-corrected chi connectivity index (χ4v) is 1.99. The average molecular weight is 300 g/mol. The summed E-state index contributed by atoms with van der Waals surface area (Å²) in [4.78, 5) is 12.2. The fraction of sp³-hybridized carbons (Fsp3) is 0.235. The minimum atomic E-state index is -0.414. The van der Waals surface area contributed by atoms with Crippen molar-refractivity contribution < 1.29 is 14.3 Å². The van der Waals surface area contributed by atoms with E-state index in [4.69, 9.17) is 9.47 Å². The van der Waals surface area contributed by atoms with Gasteiger partial charge >= 0.3 is 0 Å². The van der Waals surface area contributed by atoms with Gasteiger partial charge in [0, 0.05) is 11.8 Å². The normalized spacial score (nSPS) is 11.4. The van der Waals surface area contributed by atoms with Gasteiger partial charge in [0.15, 0.2) is 0 Å². The Morgan fingerprint density at radius 3 is 2.41 bits per heavy atom. The molecule has 116 valence electrons. The highest BCUT2D eigenvalue weighted by molar-refractivity contribution is 5.96. The molecule has 0 aliphatic carbocycles. The maximum Gasteiger partial charge on any atom is 0.246 e. The van der Waals surface area contributed by atoms with Crippen molar-refractivity contribution in [2.45, 2.75) is 13.0 Å². The van der Waals surface area contributed by atoms with Gasteiger partial charge in [-0.1, -0.05) is 18.2 Å². The number of hydrogen-bond donors (Lipinski definition) is 2. The van der Waals surface area contributed by atoms with Crippen LogP contribution in [0.4, 0.5) is 11.4 Å². The lowest BCUT2D eigenvalue weighted by atomic mass is 10.2. The van der Waals surface area contributed by atoms with Crippen LogP contribution in [0, 0.1) is 0 Å². The van der Waals surface area contributed by atoms with Crippen LogP contribution in [0.1, 0.15) is 6.92 Å². The maximum atomic E-state index is 12.2. The Morgan fingerprint density at radius 1 is 1.05 bits per heavy atom. The summed E-state index contributed by atoms with van der Waals surface area (Å²) in [5.41, 5.74) is 1.50. The van der Waals surface area contributed by atoms with Gasteiger partial charge < -0.3 is 20.1 Å². The van der Waals surface area contributed by atoms with E-state index < -0.39 is 6.04 Å². The number of carbonyl (C=O) groups is 1. The first kappa shape index (κ1) is 15.7. The second-order valence-corrected chi connectivity index (χ2v) is 4.79. The lowest BCUT2D eigenvalue weighted by Crippen LogP contribution is -2.31. The van der Waals surface area contributed by atoms with E-state index in [2.05, 4.69) is 10.6 Å². The van der Waals surface area contributed by atoms with Crippen molar-refractivity contribution in [2.75, 3.05) is 24.9 Å². The number of benzene rings is 2. The van der Waals surface area contributed by atoms with Crippen LogP contribution in [0.5, 0.6) is 11.5 Å². The first-order valence-corrected chi connectivity index (χ1v) is 6.98. The predicted octanol–water partition coefficient (Wildman–Crippen LogP) is 3.14. The molecule has 0 aromatic heterocycles. The zero-order chi connectivity index (χ0) is 15.9. The molecule has 0 aliphatic rings. The van der Waals surface area contributed by atoms with Crippen LogP contribution < -0.4 is 20.1 Å². The summed E-state index contributed by atoms with van der Waals surface area (Å²) in [7, 11) is 3.17. The Morgan fingerprint density at radius 2 is 1.77 bits per heavy atom. The highest BCUT2D eigenvalue weighted by Crippen LogP contribution is 2.29. The molecule has 2 N–H and O–H groups in total. The van der Waals surface area contributed by atoms with E-state index in [1.54, 1.807) is 27.2 Å². The molecular formula is C17H20N2O3. The van der Waals surface area contributed by atoms with Gasteiger partial charge in [0.25, 0.3) is 0 Å². The van der Waals surface area contributed by atoms with Crippen LogP contribution in [-0.2, 0) is 4.79 Å². The SMILES string of the molecule is COc1ccc(N[C@H](C)C(=O)Nc2ccccc2)c(OC)c1. The molecule has 5 heteroatoms. The van der Waals surface area contributed by atoms with Crippen LogP contribution in [0.15, 0.2) is 48.5 Å². The third kappa shape index (κ3) is 3.91. The summed E-state index contributed by atoms with van der Waals surface area (Å²) in [5, 5.41) is 6.00. The first-order valence-electron chi connectivity index (χ1n) is 6.98. The number of rotatable bonds is 6. The van der Waals surface area contributed by atoms with Gasteiger partial charge in [0.1, 0.15) is 17.5 Å². The van der Waals surface area contributed by atoms with Gasteiger partial charge in [0.05, 0.1) is 19.9 Å². The molecule has 1 amide bonds. The third-order valence-corrected chi connectivity index (χ3v) is 3.22. The molecule has 0 radical (unpaired) electrons. The molecule has 0 unspecified atom stereocenters. The molecule has 0 fully saturated rings. The summed E-state index contributed by atoms with van der Waals surface area (Å²) in [6, 6.07) is 14.3. The van der Waals surface area contributed by atoms with E-state index >= 15 is 0 Å². The molecule has 5 nitrogen and oxygen atoms in total. The quantitative estimate of drug-likeness (QED) is 0.860. The van der Waals surface area contributed by atoms with E-state index in [1.807, 2.05) is 42.5 Å². The average Bonchev–Trinajstić information content (AvgIpc) is 2.56. The van der Waals surface area contributed by atoms with Crippen LogP contribution in [0.3, 0.4) is 0 Å². The van der Waals surface area contributed by atoms with Crippen molar-refractivity contribution in [3.63, 3.8) is 0 Å². The predicted molar refractivity (Wildman–Crippen MR) is 87.7 cm³/mol. The fourth-order valence-electron chi connectivity index (χ4n) is 1.99. The van der Waals surface area contributed by atoms with Crippen molar-refractivity contribution in [2.24, 2.45) is 0 Å². The van der Waals surface area contributed by atoms with Crippen LogP contribution in [-0.4, -0.2) is 26.2 Å². The molecule has 0 heterocycles. The topological polar surface area (TPSA) is 59.6 Å². The highest BCUT2D eigenvalue weighted by atomic mass is 16.5. The summed E-state index contributed by atoms with van der Waals surface area (Å²) in [5.74, 6) is 1.20. The zero-order valence-corrected chi connectivity index (χ0v) is 12.9. The number of nitrogens with one attached hydrogen (secondary N) is 2. The summed E-state index contributed by atoms with van der Waals surface area (Å²) in [6.07, 6.45) is 0. The Kier molecular flexibility index (Phi) is 5.25. The number of amides is 1. The lowest BCUT2D eigenvalue weighted by molar-refractivity contribution is -0.116. The number of para-hydroxylation sites is 1. The number of methoxy groups -OCH3 is 2. The molecule has 2 rings (SSSR count). The summed E-state index contributed by atoms with van der Waals surface area (Å²) >= 11 is 0. The van der Waals surface area contributed by atoms with Crippen molar-refractivity contribution in [3.8, 4) is 11.5 Å². The zero-order valence-electron chi connectivity index (χ0n) is 12.9. The standard InChI is InChI=1S/C17H20N2O3/c1-12(17(20)19-13-7-5-4-6-8-13)18-15-10-9-14(21-2)11-16(15)22-3/h4-12,18H,1-3H3,(H,19,20)/t12-/m1/s1. The monoisotopic (exact) mass is 300 g/mol. The van der Waals surface area contributed by atoms with Crippen molar-refractivity contribution >= 4 is 17.3 Å². The lowest BCUT2D eigenvalue weighted by Gasteiger charge is -2.18. The number of ether oxygens (including phenoxy) is 2. The first-order chi connectivity index (χ1) is 10.6. The van der Waals surface area contributed by atoms with Crippen molar-refractivity contribution in [1.29, 1.82) is 0 Å². The van der Waals surface area contributed by atoms with E-state index in [0.29, 0.717) is 11.5 Å². The Balaban J connectivity index is 2.05. The Labute approximate surface area is 130 Å². The molecule has 0 saturated carbocycles. The minimum absolute atomic E-state index is 0.121. The second-order valence-electron chi connectivity index (χ2n) is 4.79. The Hall–Kier alpha value is -2.69. The highest BCUT2D eigenvalue weighted by Gasteiger charge is 2.15. The molecular weight excluding hydrogens is 280 g/mol. The molecule has 0 saturated heterocycles. The second kappa shape index (κ2) is 7.36. The van der Waals surface area contributed by atoms with Crippen LogP contribution in [0.2, 0.25) is 0 Å². The summed E-state index contributed by atoms with van der Waals surface area (Å²) < 4.78 is 10.5. The molecule has 2 aromatic rings. The van der Waals surface area contributed by atoms with Gasteiger partial charge in [-0.05, 0) is 31.2 Å². The van der Waals surface area contributed by atoms with Crippen molar-refractivity contribution in [3.05, 3.63) is 48.5 Å². The van der Waals surface area contributed by atoms with E-state index in [0.717, 1.165) is 11.4 Å². The summed E-state index contributed by atoms with van der Waals surface area (Å²) in [6.45, 7) is 1.79. The largest absolute Gasteiger partial charge is 0.497 e. The molecule has 1 atom stereocenters. The molecule has 0 spiro atoms. The van der Waals surface area contributed by atoms with Gasteiger partial charge in [-0.25, -0.2) is 0 Å². The van der Waals surface area contributed by atoms with Gasteiger partial charge in [-0.15, -0.1) is 0 Å². The number of anilines is 2. The number of hydrogen-bond acceptors (Lipinski definition) is 4. The van der Waals surface area contributed by atoms with Crippen molar-refractivity contribution in [1.82, 2.24) is 0 Å². The smallest absolute Gasteiger partial charge is 0.246 e. The van der Waals surface area contributed by atoms with E-state index in [9.17, 15) is 4.79 Å². The van der Waals surface area contributed by atoms with Crippen LogP contribution >= 0.6 is 0 Å². The van der Waals surface area contributed by atoms with Gasteiger partial charge in [-0.3, -0.25) is 4.79 Å². The number of carbonyl (C=O) groups excluding carboxylic acids is 1. The molecule has 2 aromatic carbocycles. The van der Waals surface area contributed by atoms with Gasteiger partial charge in [0.2, 0.25) is 5.91 Å². The minimum Gasteiger partial charge on any atom is -0.497 e. The molecule has 0 aliphatic heterocycles. The third-order valence-electron chi connectivity index (χ3n) is 3.22. The van der Waals surface area contributed by atoms with E-state index in [1.165, 1.54) is 0 Å². The molecule has 22 heavy (non-hydrogen) atoms. The van der Waals surface area contributed by atoms with E-state index in [-0.39, 0.29) is 5.91 Å². The maximum absolute atomic E-state index is 12.2. The van der Waals surface area contributed by atoms with Gasteiger partial charge in [-0.2, -0.15) is 0 Å². The van der Waals surface area contributed by atoms with Crippen LogP contribution in [0.25, 0.3) is 0 Å². The Bertz CT molecular complexity index is 629. The molecule has 0 bridgehead atoms.